The molecule has 0 saturated heterocycles. The topological polar surface area (TPSA) is 95.4 Å². The third-order valence-electron chi connectivity index (χ3n) is 2.35. The molecule has 0 atom stereocenters. The number of rotatable bonds is 2. The van der Waals surface area contributed by atoms with E-state index in [-0.39, 0.29) is 6.54 Å². The summed E-state index contributed by atoms with van der Waals surface area (Å²) in [6.07, 6.45) is 0. The highest BCUT2D eigenvalue weighted by atomic mass is 35.5. The van der Waals surface area contributed by atoms with Gasteiger partial charge in [0.1, 0.15) is 16.7 Å². The van der Waals surface area contributed by atoms with E-state index in [2.05, 4.69) is 24.3 Å². The maximum Gasteiger partial charge on any atom is 0.170 e. The van der Waals surface area contributed by atoms with E-state index in [1.165, 1.54) is 4.68 Å². The molecule has 0 aliphatic heterocycles. The lowest BCUT2D eigenvalue weighted by Gasteiger charge is -2.06. The van der Waals surface area contributed by atoms with Crippen LogP contribution >= 0.6 is 34.9 Å². The van der Waals surface area contributed by atoms with E-state index >= 15 is 0 Å². The highest BCUT2D eigenvalue weighted by molar-refractivity contribution is 7.00. The van der Waals surface area contributed by atoms with Crippen LogP contribution in [0, 0.1) is 0 Å². The third kappa shape index (κ3) is 1.65. The zero-order valence-corrected chi connectivity index (χ0v) is 11.0. The van der Waals surface area contributed by atoms with Gasteiger partial charge in [0.2, 0.25) is 0 Å². The van der Waals surface area contributed by atoms with Crippen LogP contribution in [0.5, 0.6) is 0 Å². The van der Waals surface area contributed by atoms with E-state index in [9.17, 15) is 0 Å². The molecule has 0 amide bonds. The number of halogens is 2. The van der Waals surface area contributed by atoms with Crippen molar-refractivity contribution in [3.63, 3.8) is 0 Å². The molecule has 1 aromatic carbocycles. The summed E-state index contributed by atoms with van der Waals surface area (Å²) in [5.41, 5.74) is 7.23. The van der Waals surface area contributed by atoms with Gasteiger partial charge in [0.25, 0.3) is 0 Å². The van der Waals surface area contributed by atoms with Crippen LogP contribution in [0.1, 0.15) is 5.82 Å². The van der Waals surface area contributed by atoms with E-state index in [0.29, 0.717) is 32.6 Å². The molecule has 3 rings (SSSR count). The Kier molecular flexibility index (Phi) is 2.86. The quantitative estimate of drug-likeness (QED) is 0.769. The zero-order chi connectivity index (χ0) is 12.7. The second kappa shape index (κ2) is 4.39. The smallest absolute Gasteiger partial charge is 0.170 e. The summed E-state index contributed by atoms with van der Waals surface area (Å²) in [5.74, 6) is 0.480. The first-order valence-electron chi connectivity index (χ1n) is 4.80. The van der Waals surface area contributed by atoms with Crippen molar-refractivity contribution in [2.24, 2.45) is 5.73 Å². The Hall–Kier alpha value is -1.35. The number of aromatic nitrogens is 6. The summed E-state index contributed by atoms with van der Waals surface area (Å²) in [6, 6.07) is 1.59. The molecule has 2 N–H and O–H groups in total. The molecule has 0 aliphatic rings. The molecule has 0 bridgehead atoms. The van der Waals surface area contributed by atoms with Gasteiger partial charge in [-0.1, -0.05) is 23.2 Å². The molecule has 0 fully saturated rings. The van der Waals surface area contributed by atoms with Crippen LogP contribution in [0.3, 0.4) is 0 Å². The number of benzene rings is 1. The van der Waals surface area contributed by atoms with Crippen molar-refractivity contribution in [2.45, 2.75) is 6.54 Å². The maximum atomic E-state index is 6.18. The van der Waals surface area contributed by atoms with Crippen molar-refractivity contribution in [1.82, 2.24) is 29.0 Å². The normalized spacial score (nSPS) is 11.3. The van der Waals surface area contributed by atoms with E-state index in [1.54, 1.807) is 6.07 Å². The van der Waals surface area contributed by atoms with Crippen LogP contribution in [0.15, 0.2) is 6.07 Å². The van der Waals surface area contributed by atoms with Gasteiger partial charge in [-0.3, -0.25) is 0 Å². The summed E-state index contributed by atoms with van der Waals surface area (Å²) in [4.78, 5) is 0. The van der Waals surface area contributed by atoms with Gasteiger partial charge in [-0.25, -0.2) is 0 Å². The zero-order valence-electron chi connectivity index (χ0n) is 8.71. The second-order valence-corrected chi connectivity index (χ2v) is 4.70. The lowest BCUT2D eigenvalue weighted by atomic mass is 10.2. The molecule has 0 aliphatic carbocycles. The van der Waals surface area contributed by atoms with E-state index in [1.807, 2.05) is 0 Å². The summed E-state index contributed by atoms with van der Waals surface area (Å²) < 4.78 is 9.74. The molecule has 0 saturated carbocycles. The predicted molar refractivity (Wildman–Crippen MR) is 68.0 cm³/mol. The first-order chi connectivity index (χ1) is 8.72. The van der Waals surface area contributed by atoms with Crippen LogP contribution in [0.25, 0.3) is 16.7 Å². The molecule has 10 heteroatoms. The fraction of sp³-hybridized carbons (Fsp3) is 0.125. The molecular weight excluding hydrogens is 297 g/mol. The molecular formula is C8H5Cl2N7S. The van der Waals surface area contributed by atoms with Gasteiger partial charge < -0.3 is 5.73 Å². The monoisotopic (exact) mass is 301 g/mol. The average molecular weight is 302 g/mol. The van der Waals surface area contributed by atoms with Crippen molar-refractivity contribution in [3.05, 3.63) is 21.9 Å². The predicted octanol–water partition coefficient (Wildman–Crippen LogP) is 1.43. The first kappa shape index (κ1) is 11.7. The minimum absolute atomic E-state index is 0.186. The van der Waals surface area contributed by atoms with Gasteiger partial charge in [0, 0.05) is 0 Å². The van der Waals surface area contributed by atoms with E-state index < -0.39 is 0 Å². The Morgan fingerprint density at radius 2 is 2.00 bits per heavy atom. The van der Waals surface area contributed by atoms with Gasteiger partial charge in [0.15, 0.2) is 5.82 Å². The fourth-order valence-corrected chi connectivity index (χ4v) is 2.76. The Morgan fingerprint density at radius 1 is 1.22 bits per heavy atom. The second-order valence-electron chi connectivity index (χ2n) is 3.36. The summed E-state index contributed by atoms with van der Waals surface area (Å²) >= 11 is 13.3. The summed E-state index contributed by atoms with van der Waals surface area (Å²) in [5, 5.41) is 12.1. The molecule has 7 nitrogen and oxygen atoms in total. The molecule has 18 heavy (non-hydrogen) atoms. The number of hydrogen-bond acceptors (Lipinski definition) is 7. The van der Waals surface area contributed by atoms with Crippen molar-refractivity contribution >= 4 is 46.0 Å². The molecule has 0 unspecified atom stereocenters. The van der Waals surface area contributed by atoms with Crippen molar-refractivity contribution in [1.29, 1.82) is 0 Å². The molecule has 2 aromatic heterocycles. The molecule has 3 aromatic rings. The Morgan fingerprint density at radius 3 is 2.78 bits per heavy atom. The summed E-state index contributed by atoms with van der Waals surface area (Å²) in [6.45, 7) is 0.186. The van der Waals surface area contributed by atoms with E-state index in [4.69, 9.17) is 28.9 Å². The maximum absolute atomic E-state index is 6.18. The van der Waals surface area contributed by atoms with Gasteiger partial charge in [-0.05, 0) is 16.5 Å². The lowest BCUT2D eigenvalue weighted by molar-refractivity contribution is 0.765. The number of tetrazole rings is 1. The number of nitrogens with two attached hydrogens (primary N) is 1. The van der Waals surface area contributed by atoms with Gasteiger partial charge in [-0.15, -0.1) is 5.10 Å². The Balaban J connectivity index is 2.38. The minimum Gasteiger partial charge on any atom is -0.324 e. The minimum atomic E-state index is 0.186. The van der Waals surface area contributed by atoms with Gasteiger partial charge in [0.05, 0.1) is 28.3 Å². The lowest BCUT2D eigenvalue weighted by Crippen LogP contribution is -2.09. The largest absolute Gasteiger partial charge is 0.324 e. The SMILES string of the molecule is NCc1nnnn1-c1c(Cl)cc(Cl)c2nsnc12. The first-order valence-corrected chi connectivity index (χ1v) is 6.29. The number of nitrogens with zero attached hydrogens (tertiary/aromatic N) is 6. The summed E-state index contributed by atoms with van der Waals surface area (Å²) in [7, 11) is 0. The molecule has 92 valence electrons. The number of fused-ring (bicyclic) bond motifs is 1. The van der Waals surface area contributed by atoms with Gasteiger partial charge in [-0.2, -0.15) is 13.4 Å². The van der Waals surface area contributed by atoms with Crippen molar-refractivity contribution < 1.29 is 0 Å². The van der Waals surface area contributed by atoms with Gasteiger partial charge >= 0.3 is 0 Å². The van der Waals surface area contributed by atoms with Crippen LogP contribution in [0.4, 0.5) is 0 Å². The molecule has 0 radical (unpaired) electrons. The van der Waals surface area contributed by atoms with Crippen LogP contribution in [0.2, 0.25) is 10.0 Å². The Bertz CT molecular complexity index is 721. The molecule has 0 spiro atoms. The van der Waals surface area contributed by atoms with Crippen LogP contribution in [-0.2, 0) is 6.54 Å². The molecule has 2 heterocycles. The standard InChI is InChI=1S/C8H5Cl2N7S/c9-3-1-4(10)8(7-6(3)13-18-14-7)17-5(2-11)12-15-16-17/h1H,2,11H2. The van der Waals surface area contributed by atoms with E-state index in [0.717, 1.165) is 11.7 Å². The highest BCUT2D eigenvalue weighted by Crippen LogP contribution is 2.33. The highest BCUT2D eigenvalue weighted by Gasteiger charge is 2.18. The van der Waals surface area contributed by atoms with Crippen molar-refractivity contribution in [2.75, 3.05) is 0 Å². The van der Waals surface area contributed by atoms with Crippen LogP contribution in [-0.4, -0.2) is 29.0 Å². The van der Waals surface area contributed by atoms with Crippen LogP contribution < -0.4 is 5.73 Å². The fourth-order valence-electron chi connectivity index (χ4n) is 1.57. The third-order valence-corrected chi connectivity index (χ3v) is 3.45. The number of hydrogen-bond donors (Lipinski definition) is 1. The Labute approximate surface area is 115 Å². The van der Waals surface area contributed by atoms with Crippen molar-refractivity contribution in [3.8, 4) is 5.69 Å². The average Bonchev–Trinajstić information content (AvgIpc) is 2.97.